The van der Waals surface area contributed by atoms with Crippen molar-refractivity contribution in [3.05, 3.63) is 66.2 Å². The van der Waals surface area contributed by atoms with Crippen molar-refractivity contribution in [2.45, 2.75) is 55.7 Å². The van der Waals surface area contributed by atoms with Gasteiger partial charge in [0.05, 0.1) is 0 Å². The van der Waals surface area contributed by atoms with Crippen molar-refractivity contribution >= 4 is 29.5 Å². The van der Waals surface area contributed by atoms with E-state index >= 15 is 0 Å². The van der Waals surface area contributed by atoms with Crippen LogP contribution in [0.4, 0.5) is 0 Å². The van der Waals surface area contributed by atoms with E-state index in [0.29, 0.717) is 5.75 Å². The fraction of sp³-hybridized carbons (Fsp3) is 0.375. The number of amides is 2. The molecule has 0 aromatic heterocycles. The first-order chi connectivity index (χ1) is 15.3. The first-order valence-electron chi connectivity index (χ1n) is 10.5. The molecule has 2 aromatic rings. The summed E-state index contributed by atoms with van der Waals surface area (Å²) in [7, 11) is 0. The van der Waals surface area contributed by atoms with Crippen molar-refractivity contribution in [2.75, 3.05) is 0 Å². The van der Waals surface area contributed by atoms with Crippen molar-refractivity contribution in [3.63, 3.8) is 0 Å². The molecular weight excluding hydrogens is 428 g/mol. The summed E-state index contributed by atoms with van der Waals surface area (Å²) >= 11 is 1.49. The number of carbonyl (C=O) groups is 3. The minimum atomic E-state index is -0.759. The van der Waals surface area contributed by atoms with Crippen molar-refractivity contribution in [1.29, 1.82) is 0 Å². The average molecular weight is 455 g/mol. The van der Waals surface area contributed by atoms with E-state index in [2.05, 4.69) is 5.32 Å². The molecular formula is C24H26N2O5S. The Morgan fingerprint density at radius 3 is 2.38 bits per heavy atom. The number of rotatable bonds is 7. The third-order valence-electron chi connectivity index (χ3n) is 5.61. The van der Waals surface area contributed by atoms with Gasteiger partial charge in [-0.05, 0) is 38.5 Å². The summed E-state index contributed by atoms with van der Waals surface area (Å²) in [5, 5.41) is 2.46. The summed E-state index contributed by atoms with van der Waals surface area (Å²) < 4.78 is 10.6. The summed E-state index contributed by atoms with van der Waals surface area (Å²) in [4.78, 5) is 39.9. The van der Waals surface area contributed by atoms with E-state index in [1.807, 2.05) is 62.4 Å². The lowest BCUT2D eigenvalue weighted by Gasteiger charge is -2.44. The first-order valence-corrected chi connectivity index (χ1v) is 11.4. The molecule has 0 spiro atoms. The predicted octanol–water partition coefficient (Wildman–Crippen LogP) is 2.74. The van der Waals surface area contributed by atoms with Crippen LogP contribution in [0, 0.1) is 0 Å². The summed E-state index contributed by atoms with van der Waals surface area (Å²) in [5.41, 5.74) is 0.883. The molecule has 32 heavy (non-hydrogen) atoms. The van der Waals surface area contributed by atoms with Crippen LogP contribution >= 0.6 is 11.8 Å². The molecule has 2 fully saturated rings. The monoisotopic (exact) mass is 454 g/mol. The number of hydrogen-bond donors (Lipinski definition) is 1. The van der Waals surface area contributed by atoms with Crippen LogP contribution in [0.5, 0.6) is 5.75 Å². The van der Waals surface area contributed by atoms with Crippen LogP contribution in [-0.4, -0.2) is 51.0 Å². The van der Waals surface area contributed by atoms with Crippen LogP contribution in [0.1, 0.15) is 26.3 Å². The van der Waals surface area contributed by atoms with Crippen molar-refractivity contribution in [1.82, 2.24) is 10.2 Å². The molecule has 2 aromatic carbocycles. The number of ether oxygens (including phenoxy) is 2. The van der Waals surface area contributed by atoms with Gasteiger partial charge in [0.25, 0.3) is 5.91 Å². The Morgan fingerprint density at radius 1 is 1.09 bits per heavy atom. The number of hydrogen-bond acceptors (Lipinski definition) is 6. The van der Waals surface area contributed by atoms with Crippen LogP contribution in [0.2, 0.25) is 0 Å². The first kappa shape index (κ1) is 22.2. The van der Waals surface area contributed by atoms with Gasteiger partial charge >= 0.3 is 5.97 Å². The maximum atomic E-state index is 12.9. The molecule has 2 saturated heterocycles. The van der Waals surface area contributed by atoms with E-state index in [0.717, 1.165) is 5.56 Å². The van der Waals surface area contributed by atoms with E-state index < -0.39 is 28.9 Å². The molecule has 7 nitrogen and oxygen atoms in total. The number of nitrogens with one attached hydrogen (secondary N) is 1. The molecule has 2 aliphatic heterocycles. The van der Waals surface area contributed by atoms with Gasteiger partial charge in [-0.2, -0.15) is 0 Å². The Balaban J connectivity index is 1.37. The third kappa shape index (κ3) is 4.32. The van der Waals surface area contributed by atoms with Crippen LogP contribution in [-0.2, 0) is 25.7 Å². The van der Waals surface area contributed by atoms with Crippen molar-refractivity contribution < 1.29 is 23.9 Å². The molecule has 2 amide bonds. The van der Waals surface area contributed by atoms with Crippen molar-refractivity contribution in [2.24, 2.45) is 0 Å². The van der Waals surface area contributed by atoms with Crippen molar-refractivity contribution in [3.8, 4) is 5.75 Å². The summed E-state index contributed by atoms with van der Waals surface area (Å²) in [6, 6.07) is 17.0. The summed E-state index contributed by atoms with van der Waals surface area (Å²) in [5.74, 6) is -0.516. The molecule has 4 atom stereocenters. The molecule has 168 valence electrons. The highest BCUT2D eigenvalue weighted by atomic mass is 32.2. The van der Waals surface area contributed by atoms with Gasteiger partial charge in [-0.1, -0.05) is 48.5 Å². The van der Waals surface area contributed by atoms with Gasteiger partial charge in [-0.15, -0.1) is 11.8 Å². The second-order valence-corrected chi connectivity index (χ2v) is 10.2. The number of esters is 1. The van der Waals surface area contributed by atoms with Crippen LogP contribution in [0.25, 0.3) is 0 Å². The molecule has 0 saturated carbocycles. The Bertz CT molecular complexity index is 998. The number of thioether (sulfide) groups is 1. The number of β-lactam (4-membered cyclic amide) rings is 1. The molecule has 2 aliphatic rings. The van der Waals surface area contributed by atoms with E-state index in [-0.39, 0.29) is 23.8 Å². The summed E-state index contributed by atoms with van der Waals surface area (Å²) in [6.45, 7) is 5.62. The Kier molecular flexibility index (Phi) is 6.15. The smallest absolute Gasteiger partial charge is 0.330 e. The minimum absolute atomic E-state index is 0.151. The zero-order valence-corrected chi connectivity index (χ0v) is 19.0. The van der Waals surface area contributed by atoms with Gasteiger partial charge in [0.1, 0.15) is 29.8 Å². The lowest BCUT2D eigenvalue weighted by molar-refractivity contribution is -0.165. The van der Waals surface area contributed by atoms with E-state index in [1.165, 1.54) is 16.7 Å². The quantitative estimate of drug-likeness (QED) is 0.512. The van der Waals surface area contributed by atoms with Gasteiger partial charge in [-0.3, -0.25) is 9.59 Å². The molecule has 0 bridgehead atoms. The third-order valence-corrected chi connectivity index (χ3v) is 7.18. The SMILES string of the molecule is CC(Oc1ccccc1)C(=O)N[C@@H]1C(=O)N2C(C(=O)OCc3ccccc3)C(C)(C)S[C@H]12. The number of fused-ring (bicyclic) bond motifs is 1. The zero-order chi connectivity index (χ0) is 22.9. The highest BCUT2D eigenvalue weighted by Gasteiger charge is 2.64. The maximum Gasteiger partial charge on any atom is 0.330 e. The molecule has 0 radical (unpaired) electrons. The standard InChI is InChI=1S/C24H26N2O5S/c1-15(31-17-12-8-5-9-13-17)20(27)25-18-21(28)26-19(24(2,3)32-22(18)26)23(29)30-14-16-10-6-4-7-11-16/h4-13,15,18-19,22H,14H2,1-3H3,(H,25,27)/t15?,18-,19?,22-/m1/s1. The van der Waals surface area contributed by atoms with Gasteiger partial charge in [0, 0.05) is 4.75 Å². The Labute approximate surface area is 191 Å². The normalized spacial score (nSPS) is 24.2. The van der Waals surface area contributed by atoms with Gasteiger partial charge < -0.3 is 19.7 Å². The second kappa shape index (κ2) is 8.86. The Hall–Kier alpha value is -3.00. The molecule has 4 rings (SSSR count). The second-order valence-electron chi connectivity index (χ2n) is 8.41. The molecule has 2 unspecified atom stereocenters. The molecule has 8 heteroatoms. The Morgan fingerprint density at radius 2 is 1.72 bits per heavy atom. The highest BCUT2D eigenvalue weighted by molar-refractivity contribution is 8.01. The largest absolute Gasteiger partial charge is 0.481 e. The number of carbonyl (C=O) groups excluding carboxylic acids is 3. The molecule has 1 N–H and O–H groups in total. The van der Waals surface area contributed by atoms with E-state index in [4.69, 9.17) is 9.47 Å². The predicted molar refractivity (Wildman–Crippen MR) is 121 cm³/mol. The topological polar surface area (TPSA) is 84.9 Å². The fourth-order valence-electron chi connectivity index (χ4n) is 3.96. The van der Waals surface area contributed by atoms with Gasteiger partial charge in [-0.25, -0.2) is 4.79 Å². The van der Waals surface area contributed by atoms with Gasteiger partial charge in [0.15, 0.2) is 6.10 Å². The van der Waals surface area contributed by atoms with E-state index in [9.17, 15) is 14.4 Å². The van der Waals surface area contributed by atoms with Crippen LogP contribution in [0.3, 0.4) is 0 Å². The van der Waals surface area contributed by atoms with E-state index in [1.54, 1.807) is 19.1 Å². The van der Waals surface area contributed by atoms with Crippen LogP contribution in [0.15, 0.2) is 60.7 Å². The zero-order valence-electron chi connectivity index (χ0n) is 18.2. The van der Waals surface area contributed by atoms with Gasteiger partial charge in [0.2, 0.25) is 5.91 Å². The lowest BCUT2D eigenvalue weighted by atomic mass is 9.96. The maximum absolute atomic E-state index is 12.9. The lowest BCUT2D eigenvalue weighted by Crippen LogP contribution is -2.71. The molecule has 2 heterocycles. The fourth-order valence-corrected chi connectivity index (χ4v) is 5.58. The average Bonchev–Trinajstić information content (AvgIpc) is 3.04. The summed E-state index contributed by atoms with van der Waals surface area (Å²) in [6.07, 6.45) is -0.759. The van der Waals surface area contributed by atoms with Crippen LogP contribution < -0.4 is 10.1 Å². The minimum Gasteiger partial charge on any atom is -0.481 e. The number of nitrogens with zero attached hydrogens (tertiary/aromatic N) is 1. The molecule has 0 aliphatic carbocycles. The number of benzene rings is 2. The number of para-hydroxylation sites is 1. The highest BCUT2D eigenvalue weighted by Crippen LogP contribution is 2.51.